The molecule has 0 aliphatic carbocycles. The number of benzene rings is 1. The summed E-state index contributed by atoms with van der Waals surface area (Å²) in [5.41, 5.74) is 2.14. The summed E-state index contributed by atoms with van der Waals surface area (Å²) < 4.78 is 6.24. The Morgan fingerprint density at radius 2 is 1.89 bits per heavy atom. The van der Waals surface area contributed by atoms with Gasteiger partial charge in [0.25, 0.3) is 0 Å². The van der Waals surface area contributed by atoms with Crippen molar-refractivity contribution in [2.75, 3.05) is 39.3 Å². The van der Waals surface area contributed by atoms with Gasteiger partial charge in [0.1, 0.15) is 6.23 Å². The van der Waals surface area contributed by atoms with Crippen molar-refractivity contribution >= 4 is 0 Å². The Morgan fingerprint density at radius 3 is 2.63 bits per heavy atom. The Hall–Kier alpha value is -1.79. The molecule has 0 saturated carbocycles. The van der Waals surface area contributed by atoms with E-state index < -0.39 is 6.23 Å². The predicted octanol–water partition coefficient (Wildman–Crippen LogP) is 2.48. The maximum absolute atomic E-state index is 10.7. The molecule has 2 saturated heterocycles. The molecule has 2 aliphatic heterocycles. The van der Waals surface area contributed by atoms with Crippen LogP contribution in [0.15, 0.2) is 54.9 Å². The zero-order valence-corrected chi connectivity index (χ0v) is 15.8. The zero-order chi connectivity index (χ0) is 18.5. The van der Waals surface area contributed by atoms with E-state index in [0.29, 0.717) is 6.61 Å². The normalized spacial score (nSPS) is 22.0. The molecule has 1 N–H and O–H groups in total. The summed E-state index contributed by atoms with van der Waals surface area (Å²) in [6, 6.07) is 14.5. The first kappa shape index (κ1) is 18.6. The summed E-state index contributed by atoms with van der Waals surface area (Å²) in [6.45, 7) is 5.45. The van der Waals surface area contributed by atoms with E-state index in [0.717, 1.165) is 57.5 Å². The van der Waals surface area contributed by atoms with Gasteiger partial charge < -0.3 is 14.7 Å². The molecule has 2 aromatic rings. The molecule has 1 spiro atoms. The number of pyridine rings is 1. The SMILES string of the molecule is OC(c1cccnc1)N1CCOC2(CCN(CCc3ccccc3)CC2)C1. The second-order valence-corrected chi connectivity index (χ2v) is 7.74. The monoisotopic (exact) mass is 367 g/mol. The summed E-state index contributed by atoms with van der Waals surface area (Å²) in [6.07, 6.45) is 6.04. The third-order valence-corrected chi connectivity index (χ3v) is 5.93. The Labute approximate surface area is 161 Å². The van der Waals surface area contributed by atoms with E-state index >= 15 is 0 Å². The number of rotatable bonds is 5. The van der Waals surface area contributed by atoms with Crippen molar-refractivity contribution < 1.29 is 9.84 Å². The van der Waals surface area contributed by atoms with Crippen LogP contribution in [0.25, 0.3) is 0 Å². The fourth-order valence-corrected chi connectivity index (χ4v) is 4.24. The standard InChI is InChI=1S/C22H29N3O2/c26-21(20-7-4-11-23-17-20)25-15-16-27-22(18-25)9-13-24(14-10-22)12-8-19-5-2-1-3-6-19/h1-7,11,17,21,26H,8-10,12-16,18H2. The molecule has 4 rings (SSSR count). The van der Waals surface area contributed by atoms with Crippen molar-refractivity contribution in [1.82, 2.24) is 14.8 Å². The number of aliphatic hydroxyl groups excluding tert-OH is 1. The highest BCUT2D eigenvalue weighted by molar-refractivity contribution is 5.15. The van der Waals surface area contributed by atoms with Gasteiger partial charge >= 0.3 is 0 Å². The van der Waals surface area contributed by atoms with Gasteiger partial charge in [-0.25, -0.2) is 0 Å². The number of likely N-dealkylation sites (tertiary alicyclic amines) is 1. The third-order valence-electron chi connectivity index (χ3n) is 5.93. The third kappa shape index (κ3) is 4.55. The van der Waals surface area contributed by atoms with E-state index in [9.17, 15) is 5.11 Å². The lowest BCUT2D eigenvalue weighted by Crippen LogP contribution is -2.57. The van der Waals surface area contributed by atoms with Crippen LogP contribution in [0.5, 0.6) is 0 Å². The lowest BCUT2D eigenvalue weighted by Gasteiger charge is -2.48. The quantitative estimate of drug-likeness (QED) is 0.880. The molecule has 1 aromatic carbocycles. The average Bonchev–Trinajstić information content (AvgIpc) is 2.74. The Morgan fingerprint density at radius 1 is 1.07 bits per heavy atom. The van der Waals surface area contributed by atoms with Crippen molar-refractivity contribution in [1.29, 1.82) is 0 Å². The van der Waals surface area contributed by atoms with E-state index in [1.165, 1.54) is 5.56 Å². The van der Waals surface area contributed by atoms with E-state index in [2.05, 4.69) is 45.1 Å². The topological polar surface area (TPSA) is 48.8 Å². The first-order valence-electron chi connectivity index (χ1n) is 9.96. The molecule has 27 heavy (non-hydrogen) atoms. The Bertz CT molecular complexity index is 702. The number of aliphatic hydroxyl groups is 1. The summed E-state index contributed by atoms with van der Waals surface area (Å²) in [5.74, 6) is 0. The number of hydrogen-bond acceptors (Lipinski definition) is 5. The molecule has 1 atom stereocenters. The number of ether oxygens (including phenoxy) is 1. The second-order valence-electron chi connectivity index (χ2n) is 7.74. The van der Waals surface area contributed by atoms with Crippen LogP contribution in [0, 0.1) is 0 Å². The van der Waals surface area contributed by atoms with Crippen LogP contribution in [-0.2, 0) is 11.2 Å². The fraction of sp³-hybridized carbons (Fsp3) is 0.500. The molecular weight excluding hydrogens is 338 g/mol. The number of nitrogens with zero attached hydrogens (tertiary/aromatic N) is 3. The van der Waals surface area contributed by atoms with E-state index in [-0.39, 0.29) is 5.60 Å². The lowest BCUT2D eigenvalue weighted by atomic mass is 9.89. The zero-order valence-electron chi connectivity index (χ0n) is 15.8. The van der Waals surface area contributed by atoms with Crippen LogP contribution >= 0.6 is 0 Å². The van der Waals surface area contributed by atoms with Crippen LogP contribution in [0.1, 0.15) is 30.2 Å². The van der Waals surface area contributed by atoms with E-state index in [1.54, 1.807) is 12.4 Å². The minimum absolute atomic E-state index is 0.120. The molecule has 0 bridgehead atoms. The molecular formula is C22H29N3O2. The van der Waals surface area contributed by atoms with Crippen molar-refractivity contribution in [2.24, 2.45) is 0 Å². The lowest BCUT2D eigenvalue weighted by molar-refractivity contribution is -0.167. The Balaban J connectivity index is 1.31. The predicted molar refractivity (Wildman–Crippen MR) is 105 cm³/mol. The number of piperidine rings is 1. The highest BCUT2D eigenvalue weighted by atomic mass is 16.5. The molecule has 3 heterocycles. The highest BCUT2D eigenvalue weighted by Gasteiger charge is 2.41. The summed E-state index contributed by atoms with van der Waals surface area (Å²) in [5, 5.41) is 10.7. The molecule has 1 unspecified atom stereocenters. The largest absolute Gasteiger partial charge is 0.374 e. The molecule has 0 radical (unpaired) electrons. The van der Waals surface area contributed by atoms with E-state index in [1.807, 2.05) is 12.1 Å². The van der Waals surface area contributed by atoms with Gasteiger partial charge in [0.05, 0.1) is 12.2 Å². The smallest absolute Gasteiger partial charge is 0.135 e. The molecule has 2 fully saturated rings. The van der Waals surface area contributed by atoms with Gasteiger partial charge in [-0.05, 0) is 30.9 Å². The maximum Gasteiger partial charge on any atom is 0.135 e. The molecule has 2 aliphatic rings. The Kier molecular flexibility index (Phi) is 5.83. The minimum Gasteiger partial charge on any atom is -0.374 e. The minimum atomic E-state index is -0.601. The second kappa shape index (κ2) is 8.48. The fourth-order valence-electron chi connectivity index (χ4n) is 4.24. The van der Waals surface area contributed by atoms with Crippen LogP contribution in [0.2, 0.25) is 0 Å². The highest BCUT2D eigenvalue weighted by Crippen LogP contribution is 2.33. The summed E-state index contributed by atoms with van der Waals surface area (Å²) >= 11 is 0. The molecule has 5 heteroatoms. The first-order chi connectivity index (χ1) is 13.2. The van der Waals surface area contributed by atoms with Gasteiger partial charge in [-0.1, -0.05) is 36.4 Å². The van der Waals surface area contributed by atoms with Gasteiger partial charge in [-0.2, -0.15) is 0 Å². The van der Waals surface area contributed by atoms with Crippen molar-refractivity contribution in [3.8, 4) is 0 Å². The number of morpholine rings is 1. The number of aromatic nitrogens is 1. The van der Waals surface area contributed by atoms with Crippen LogP contribution in [0.3, 0.4) is 0 Å². The van der Waals surface area contributed by atoms with Crippen molar-refractivity contribution in [3.63, 3.8) is 0 Å². The van der Waals surface area contributed by atoms with Gasteiger partial charge in [0, 0.05) is 50.7 Å². The van der Waals surface area contributed by atoms with Gasteiger partial charge in [0.2, 0.25) is 0 Å². The van der Waals surface area contributed by atoms with Gasteiger partial charge in [-0.15, -0.1) is 0 Å². The number of hydrogen-bond donors (Lipinski definition) is 1. The summed E-state index contributed by atoms with van der Waals surface area (Å²) in [4.78, 5) is 8.81. The van der Waals surface area contributed by atoms with Gasteiger partial charge in [0.15, 0.2) is 0 Å². The molecule has 144 valence electrons. The van der Waals surface area contributed by atoms with Crippen LogP contribution in [-0.4, -0.2) is 64.8 Å². The first-order valence-corrected chi connectivity index (χ1v) is 9.96. The molecule has 0 amide bonds. The summed E-state index contributed by atoms with van der Waals surface area (Å²) in [7, 11) is 0. The molecule has 1 aromatic heterocycles. The maximum atomic E-state index is 10.7. The van der Waals surface area contributed by atoms with Crippen molar-refractivity contribution in [3.05, 3.63) is 66.0 Å². The van der Waals surface area contributed by atoms with Crippen LogP contribution in [0.4, 0.5) is 0 Å². The van der Waals surface area contributed by atoms with E-state index in [4.69, 9.17) is 4.74 Å². The van der Waals surface area contributed by atoms with Crippen LogP contribution < -0.4 is 0 Å². The average molecular weight is 367 g/mol. The van der Waals surface area contributed by atoms with Gasteiger partial charge in [-0.3, -0.25) is 9.88 Å². The van der Waals surface area contributed by atoms with Crippen molar-refractivity contribution in [2.45, 2.75) is 31.1 Å². The molecule has 5 nitrogen and oxygen atoms in total.